The summed E-state index contributed by atoms with van der Waals surface area (Å²) in [6.45, 7) is 3.34. The van der Waals surface area contributed by atoms with Gasteiger partial charge in [-0.15, -0.1) is 0 Å². The number of likely N-dealkylation sites (tertiary alicyclic amines) is 1. The van der Waals surface area contributed by atoms with Gasteiger partial charge in [-0.2, -0.15) is 0 Å². The summed E-state index contributed by atoms with van der Waals surface area (Å²) >= 11 is 0. The highest BCUT2D eigenvalue weighted by Crippen LogP contribution is 2.19. The Morgan fingerprint density at radius 1 is 1.00 bits per heavy atom. The highest BCUT2D eigenvalue weighted by atomic mass is 32.2. The van der Waals surface area contributed by atoms with Crippen molar-refractivity contribution in [2.45, 2.75) is 37.2 Å². The summed E-state index contributed by atoms with van der Waals surface area (Å²) in [5.74, 6) is -0.216. The van der Waals surface area contributed by atoms with Crippen LogP contribution in [0.4, 0.5) is 0 Å². The first-order valence-corrected chi connectivity index (χ1v) is 11.4. The van der Waals surface area contributed by atoms with Crippen LogP contribution in [-0.4, -0.2) is 50.7 Å². The van der Waals surface area contributed by atoms with Gasteiger partial charge < -0.3 is 5.32 Å². The Morgan fingerprint density at radius 3 is 2.31 bits per heavy atom. The van der Waals surface area contributed by atoms with Crippen molar-refractivity contribution >= 4 is 15.9 Å². The second-order valence-electron chi connectivity index (χ2n) is 7.61. The minimum absolute atomic E-state index is 0.150. The summed E-state index contributed by atoms with van der Waals surface area (Å²) in [6, 6.07) is 14.4. The van der Waals surface area contributed by atoms with Crippen LogP contribution in [-0.2, 0) is 23.1 Å². The molecule has 29 heavy (non-hydrogen) atoms. The predicted molar refractivity (Wildman–Crippen MR) is 114 cm³/mol. The Kier molecular flexibility index (Phi) is 7.05. The molecule has 1 amide bonds. The average molecular weight is 416 g/mol. The number of amides is 1. The normalized spacial score (nSPS) is 15.4. The topological polar surface area (TPSA) is 69.7 Å². The molecule has 0 aromatic heterocycles. The molecular formula is C22H29N3O3S. The van der Waals surface area contributed by atoms with Crippen LogP contribution in [0.3, 0.4) is 0 Å². The lowest BCUT2D eigenvalue weighted by Crippen LogP contribution is -2.29. The number of carbonyl (C=O) groups is 1. The van der Waals surface area contributed by atoms with Crippen molar-refractivity contribution in [3.63, 3.8) is 0 Å². The van der Waals surface area contributed by atoms with E-state index < -0.39 is 10.0 Å². The third kappa shape index (κ3) is 5.44. The van der Waals surface area contributed by atoms with Crippen LogP contribution in [0.15, 0.2) is 53.4 Å². The summed E-state index contributed by atoms with van der Waals surface area (Å²) in [4.78, 5) is 15.2. The third-order valence-corrected chi connectivity index (χ3v) is 7.16. The van der Waals surface area contributed by atoms with Crippen molar-refractivity contribution < 1.29 is 13.2 Å². The summed E-state index contributed by atoms with van der Waals surface area (Å²) in [6.07, 6.45) is 3.82. The van der Waals surface area contributed by atoms with Crippen LogP contribution >= 0.6 is 0 Å². The van der Waals surface area contributed by atoms with Gasteiger partial charge in [0.05, 0.1) is 4.90 Å². The number of hydrogen-bond donors (Lipinski definition) is 1. The Labute approximate surface area is 173 Å². The van der Waals surface area contributed by atoms with E-state index in [1.165, 1.54) is 43.2 Å². The molecule has 0 saturated carbocycles. The van der Waals surface area contributed by atoms with Crippen LogP contribution in [0.1, 0.15) is 40.7 Å². The molecule has 7 heteroatoms. The van der Waals surface area contributed by atoms with Gasteiger partial charge in [0.25, 0.3) is 5.91 Å². The largest absolute Gasteiger partial charge is 0.348 e. The molecule has 0 bridgehead atoms. The molecule has 0 radical (unpaired) electrons. The van der Waals surface area contributed by atoms with E-state index in [2.05, 4.69) is 10.2 Å². The van der Waals surface area contributed by atoms with Gasteiger partial charge in [0, 0.05) is 32.7 Å². The van der Waals surface area contributed by atoms with Crippen molar-refractivity contribution in [1.29, 1.82) is 0 Å². The first kappa shape index (κ1) is 21.5. The molecule has 0 unspecified atom stereocenters. The maximum Gasteiger partial charge on any atom is 0.251 e. The van der Waals surface area contributed by atoms with Gasteiger partial charge in [0.15, 0.2) is 0 Å². The number of nitrogens with one attached hydrogen (secondary N) is 1. The fourth-order valence-corrected chi connectivity index (χ4v) is 4.63. The summed E-state index contributed by atoms with van der Waals surface area (Å²) in [5.41, 5.74) is 2.34. The molecule has 0 spiro atoms. The number of piperidine rings is 1. The molecule has 1 aliphatic heterocycles. The van der Waals surface area contributed by atoms with Gasteiger partial charge >= 0.3 is 0 Å². The van der Waals surface area contributed by atoms with Crippen LogP contribution in [0.2, 0.25) is 0 Å². The third-order valence-electron chi connectivity index (χ3n) is 5.24. The second kappa shape index (κ2) is 9.52. The van der Waals surface area contributed by atoms with E-state index in [9.17, 15) is 13.2 Å². The molecule has 0 aliphatic carbocycles. The number of benzene rings is 2. The quantitative estimate of drug-likeness (QED) is 0.755. The molecule has 0 atom stereocenters. The molecule has 1 fully saturated rings. The van der Waals surface area contributed by atoms with E-state index in [1.807, 2.05) is 24.3 Å². The predicted octanol–water partition coefficient (Wildman–Crippen LogP) is 2.85. The van der Waals surface area contributed by atoms with Gasteiger partial charge in [-0.05, 0) is 55.3 Å². The van der Waals surface area contributed by atoms with Crippen LogP contribution < -0.4 is 5.32 Å². The molecule has 1 saturated heterocycles. The molecular weight excluding hydrogens is 386 g/mol. The Morgan fingerprint density at radius 2 is 1.66 bits per heavy atom. The zero-order valence-electron chi connectivity index (χ0n) is 17.1. The number of sulfonamides is 1. The number of carbonyl (C=O) groups excluding carboxylic acids is 1. The lowest BCUT2D eigenvalue weighted by atomic mass is 10.1. The number of nitrogens with zero attached hydrogens (tertiary/aromatic N) is 2. The van der Waals surface area contributed by atoms with Gasteiger partial charge in [-0.25, -0.2) is 12.7 Å². The monoisotopic (exact) mass is 415 g/mol. The molecule has 1 heterocycles. The van der Waals surface area contributed by atoms with Gasteiger partial charge in [-0.3, -0.25) is 9.69 Å². The van der Waals surface area contributed by atoms with Crippen LogP contribution in [0.5, 0.6) is 0 Å². The molecule has 3 rings (SSSR count). The Balaban J connectivity index is 1.63. The van der Waals surface area contributed by atoms with Crippen molar-refractivity contribution in [3.8, 4) is 0 Å². The smallest absolute Gasteiger partial charge is 0.251 e. The second-order valence-corrected chi connectivity index (χ2v) is 9.73. The fourth-order valence-electron chi connectivity index (χ4n) is 3.51. The zero-order valence-corrected chi connectivity index (χ0v) is 17.9. The number of rotatable bonds is 7. The van der Waals surface area contributed by atoms with Crippen molar-refractivity contribution in [2.24, 2.45) is 0 Å². The maximum absolute atomic E-state index is 12.5. The molecule has 1 N–H and O–H groups in total. The lowest BCUT2D eigenvalue weighted by molar-refractivity contribution is 0.0950. The Bertz CT molecular complexity index is 934. The van der Waals surface area contributed by atoms with Gasteiger partial charge in [0.2, 0.25) is 10.0 Å². The van der Waals surface area contributed by atoms with Gasteiger partial charge in [0.1, 0.15) is 0 Å². The van der Waals surface area contributed by atoms with Crippen molar-refractivity contribution in [2.75, 3.05) is 27.2 Å². The van der Waals surface area contributed by atoms with Crippen molar-refractivity contribution in [1.82, 2.24) is 14.5 Å². The summed E-state index contributed by atoms with van der Waals surface area (Å²) < 4.78 is 26.1. The SMILES string of the molecule is CN(C)S(=O)(=O)c1ccccc1CNC(=O)c1ccc(CN2CCCCC2)cc1. The molecule has 156 valence electrons. The first-order valence-electron chi connectivity index (χ1n) is 9.98. The summed E-state index contributed by atoms with van der Waals surface area (Å²) in [5, 5.41) is 2.84. The van der Waals surface area contributed by atoms with Crippen LogP contribution in [0.25, 0.3) is 0 Å². The van der Waals surface area contributed by atoms with E-state index in [4.69, 9.17) is 0 Å². The summed E-state index contributed by atoms with van der Waals surface area (Å²) in [7, 11) is -0.570. The zero-order chi connectivity index (χ0) is 20.9. The van der Waals surface area contributed by atoms with E-state index in [-0.39, 0.29) is 17.3 Å². The fraction of sp³-hybridized carbons (Fsp3) is 0.409. The molecule has 1 aliphatic rings. The van der Waals surface area contributed by atoms with E-state index in [0.717, 1.165) is 19.6 Å². The van der Waals surface area contributed by atoms with Crippen molar-refractivity contribution in [3.05, 3.63) is 65.2 Å². The lowest BCUT2D eigenvalue weighted by Gasteiger charge is -2.26. The van der Waals surface area contributed by atoms with Crippen LogP contribution in [0, 0.1) is 0 Å². The van der Waals surface area contributed by atoms with E-state index in [1.54, 1.807) is 24.3 Å². The van der Waals surface area contributed by atoms with Gasteiger partial charge in [-0.1, -0.05) is 36.8 Å². The molecule has 2 aromatic rings. The number of hydrogen-bond acceptors (Lipinski definition) is 4. The van der Waals surface area contributed by atoms with E-state index >= 15 is 0 Å². The van der Waals surface area contributed by atoms with E-state index in [0.29, 0.717) is 11.1 Å². The minimum Gasteiger partial charge on any atom is -0.348 e. The highest BCUT2D eigenvalue weighted by molar-refractivity contribution is 7.89. The average Bonchev–Trinajstić information content (AvgIpc) is 2.73. The first-order chi connectivity index (χ1) is 13.9. The Hall–Kier alpha value is -2.22. The molecule has 2 aromatic carbocycles. The molecule has 6 nitrogen and oxygen atoms in total. The standard InChI is InChI=1S/C22H29N3O3S/c1-24(2)29(27,28)21-9-5-4-8-20(21)16-23-22(26)19-12-10-18(11-13-19)17-25-14-6-3-7-15-25/h4-5,8-13H,3,6-7,14-17H2,1-2H3,(H,23,26). The maximum atomic E-state index is 12.5. The highest BCUT2D eigenvalue weighted by Gasteiger charge is 2.21. The minimum atomic E-state index is -3.56.